The van der Waals surface area contributed by atoms with Gasteiger partial charge in [0.1, 0.15) is 5.75 Å². The lowest BCUT2D eigenvalue weighted by atomic mass is 9.99. The van der Waals surface area contributed by atoms with Crippen LogP contribution >= 0.6 is 0 Å². The molecule has 0 unspecified atom stereocenters. The topological polar surface area (TPSA) is 48.0 Å². The summed E-state index contributed by atoms with van der Waals surface area (Å²) in [5, 5.41) is 0. The molecule has 0 N–H and O–H groups in total. The van der Waals surface area contributed by atoms with Crippen molar-refractivity contribution < 1.29 is 19.0 Å². The Morgan fingerprint density at radius 2 is 2.00 bits per heavy atom. The Balaban J connectivity index is 1.60. The molecule has 1 saturated heterocycles. The molecule has 3 rings (SSSR count). The van der Waals surface area contributed by atoms with E-state index in [-0.39, 0.29) is 12.7 Å². The van der Waals surface area contributed by atoms with Gasteiger partial charge in [0.05, 0.1) is 0 Å². The van der Waals surface area contributed by atoms with Gasteiger partial charge in [0, 0.05) is 19.2 Å². The first-order valence-electron chi connectivity index (χ1n) is 7.48. The third-order valence-corrected chi connectivity index (χ3v) is 4.10. The van der Waals surface area contributed by atoms with Gasteiger partial charge in [-0.05, 0) is 37.8 Å². The molecular formula is C16H21NO4. The first kappa shape index (κ1) is 14.0. The van der Waals surface area contributed by atoms with E-state index >= 15 is 0 Å². The minimum atomic E-state index is -0.487. The van der Waals surface area contributed by atoms with Gasteiger partial charge in [-0.25, -0.2) is 0 Å². The second-order valence-corrected chi connectivity index (χ2v) is 5.78. The summed E-state index contributed by atoms with van der Waals surface area (Å²) in [5.74, 6) is 2.77. The van der Waals surface area contributed by atoms with Crippen molar-refractivity contribution >= 4 is 5.91 Å². The summed E-state index contributed by atoms with van der Waals surface area (Å²) in [4.78, 5) is 14.3. The molecular weight excluding hydrogens is 270 g/mol. The van der Waals surface area contributed by atoms with Crippen LogP contribution in [0.1, 0.15) is 26.7 Å². The molecule has 0 aromatic heterocycles. The SMILES string of the molecule is CC1CCN(C(=O)[C@H](C)Oc2ccc3c(c2)OCO3)CC1. The molecule has 114 valence electrons. The lowest BCUT2D eigenvalue weighted by Gasteiger charge is -2.32. The van der Waals surface area contributed by atoms with Gasteiger partial charge in [-0.3, -0.25) is 4.79 Å². The van der Waals surface area contributed by atoms with Crippen LogP contribution in [0.25, 0.3) is 0 Å². The van der Waals surface area contributed by atoms with E-state index in [0.717, 1.165) is 25.9 Å². The van der Waals surface area contributed by atoms with E-state index in [4.69, 9.17) is 14.2 Å². The van der Waals surface area contributed by atoms with Crippen molar-refractivity contribution in [3.8, 4) is 17.2 Å². The summed E-state index contributed by atoms with van der Waals surface area (Å²) in [6.45, 7) is 5.92. The van der Waals surface area contributed by atoms with E-state index in [0.29, 0.717) is 23.2 Å². The van der Waals surface area contributed by atoms with Gasteiger partial charge in [-0.15, -0.1) is 0 Å². The number of rotatable bonds is 3. The highest BCUT2D eigenvalue weighted by atomic mass is 16.7. The number of fused-ring (bicyclic) bond motifs is 1. The zero-order valence-electron chi connectivity index (χ0n) is 12.5. The van der Waals surface area contributed by atoms with Gasteiger partial charge >= 0.3 is 0 Å². The first-order valence-corrected chi connectivity index (χ1v) is 7.48. The fourth-order valence-electron chi connectivity index (χ4n) is 2.69. The minimum absolute atomic E-state index is 0.0552. The standard InChI is InChI=1S/C16H21NO4/c1-11-5-7-17(8-6-11)16(18)12(2)21-13-3-4-14-15(9-13)20-10-19-14/h3-4,9,11-12H,5-8,10H2,1-2H3/t12-/m0/s1. The first-order chi connectivity index (χ1) is 10.1. The Labute approximate surface area is 124 Å². The number of likely N-dealkylation sites (tertiary alicyclic amines) is 1. The number of nitrogens with zero attached hydrogens (tertiary/aromatic N) is 1. The number of benzene rings is 1. The van der Waals surface area contributed by atoms with Gasteiger partial charge in [-0.1, -0.05) is 6.92 Å². The van der Waals surface area contributed by atoms with Crippen LogP contribution in [0.4, 0.5) is 0 Å². The second kappa shape index (κ2) is 5.84. The van der Waals surface area contributed by atoms with Gasteiger partial charge in [0.15, 0.2) is 17.6 Å². The highest BCUT2D eigenvalue weighted by molar-refractivity contribution is 5.81. The summed E-state index contributed by atoms with van der Waals surface area (Å²) in [5.41, 5.74) is 0. The summed E-state index contributed by atoms with van der Waals surface area (Å²) < 4.78 is 16.3. The predicted octanol–water partition coefficient (Wildman–Crippen LogP) is 2.44. The maximum absolute atomic E-state index is 12.4. The number of amides is 1. The monoisotopic (exact) mass is 291 g/mol. The summed E-state index contributed by atoms with van der Waals surface area (Å²) >= 11 is 0. The molecule has 0 saturated carbocycles. The number of ether oxygens (including phenoxy) is 3. The molecule has 1 atom stereocenters. The van der Waals surface area contributed by atoms with E-state index in [1.165, 1.54) is 0 Å². The van der Waals surface area contributed by atoms with Crippen molar-refractivity contribution in [1.82, 2.24) is 4.90 Å². The van der Waals surface area contributed by atoms with Crippen molar-refractivity contribution in [2.24, 2.45) is 5.92 Å². The van der Waals surface area contributed by atoms with Gasteiger partial charge in [0.2, 0.25) is 6.79 Å². The molecule has 1 aromatic rings. The van der Waals surface area contributed by atoms with Gasteiger partial charge in [-0.2, -0.15) is 0 Å². The molecule has 5 nitrogen and oxygen atoms in total. The molecule has 21 heavy (non-hydrogen) atoms. The van der Waals surface area contributed by atoms with E-state index in [1.807, 2.05) is 4.90 Å². The Morgan fingerprint density at radius 3 is 2.76 bits per heavy atom. The highest BCUT2D eigenvalue weighted by Crippen LogP contribution is 2.35. The van der Waals surface area contributed by atoms with E-state index in [9.17, 15) is 4.79 Å². The summed E-state index contributed by atoms with van der Waals surface area (Å²) in [7, 11) is 0. The molecule has 2 heterocycles. The van der Waals surface area contributed by atoms with E-state index < -0.39 is 6.10 Å². The Bertz CT molecular complexity index is 523. The normalized spacial score (nSPS) is 19.4. The molecule has 0 aliphatic carbocycles. The molecule has 5 heteroatoms. The van der Waals surface area contributed by atoms with Gasteiger partial charge in [0.25, 0.3) is 5.91 Å². The van der Waals surface area contributed by atoms with E-state index in [2.05, 4.69) is 6.92 Å². The molecule has 2 aliphatic rings. The number of carbonyl (C=O) groups is 1. The molecule has 0 spiro atoms. The average Bonchev–Trinajstić information content (AvgIpc) is 2.95. The molecule has 1 amide bonds. The zero-order chi connectivity index (χ0) is 14.8. The highest BCUT2D eigenvalue weighted by Gasteiger charge is 2.26. The van der Waals surface area contributed by atoms with Gasteiger partial charge < -0.3 is 19.1 Å². The second-order valence-electron chi connectivity index (χ2n) is 5.78. The van der Waals surface area contributed by atoms with Crippen molar-refractivity contribution in [2.75, 3.05) is 19.9 Å². The van der Waals surface area contributed by atoms with Crippen LogP contribution in [0.2, 0.25) is 0 Å². The predicted molar refractivity (Wildman–Crippen MR) is 77.6 cm³/mol. The fraction of sp³-hybridized carbons (Fsp3) is 0.562. The van der Waals surface area contributed by atoms with Crippen LogP contribution in [-0.2, 0) is 4.79 Å². The Morgan fingerprint density at radius 1 is 1.29 bits per heavy atom. The quantitative estimate of drug-likeness (QED) is 0.858. The van der Waals surface area contributed by atoms with E-state index in [1.54, 1.807) is 25.1 Å². The maximum Gasteiger partial charge on any atom is 0.263 e. The molecule has 0 bridgehead atoms. The fourth-order valence-corrected chi connectivity index (χ4v) is 2.69. The number of hydrogen-bond donors (Lipinski definition) is 0. The largest absolute Gasteiger partial charge is 0.481 e. The Kier molecular flexibility index (Phi) is 3.90. The smallest absolute Gasteiger partial charge is 0.263 e. The van der Waals surface area contributed by atoms with Crippen LogP contribution in [0.5, 0.6) is 17.2 Å². The zero-order valence-corrected chi connectivity index (χ0v) is 12.5. The van der Waals surface area contributed by atoms with Crippen molar-refractivity contribution in [3.05, 3.63) is 18.2 Å². The van der Waals surface area contributed by atoms with Crippen molar-refractivity contribution in [1.29, 1.82) is 0 Å². The van der Waals surface area contributed by atoms with Crippen LogP contribution in [-0.4, -0.2) is 36.8 Å². The van der Waals surface area contributed by atoms with Crippen LogP contribution in [0.3, 0.4) is 0 Å². The third-order valence-electron chi connectivity index (χ3n) is 4.10. The maximum atomic E-state index is 12.4. The number of carbonyl (C=O) groups excluding carboxylic acids is 1. The number of hydrogen-bond acceptors (Lipinski definition) is 4. The lowest BCUT2D eigenvalue weighted by molar-refractivity contribution is -0.139. The van der Waals surface area contributed by atoms with Crippen LogP contribution in [0, 0.1) is 5.92 Å². The molecule has 0 radical (unpaired) electrons. The third kappa shape index (κ3) is 3.06. The lowest BCUT2D eigenvalue weighted by Crippen LogP contribution is -2.44. The molecule has 2 aliphatic heterocycles. The van der Waals surface area contributed by atoms with Crippen LogP contribution < -0.4 is 14.2 Å². The van der Waals surface area contributed by atoms with Crippen molar-refractivity contribution in [2.45, 2.75) is 32.8 Å². The summed E-state index contributed by atoms with van der Waals surface area (Å²) in [6.07, 6.45) is 1.66. The molecule has 1 aromatic carbocycles. The minimum Gasteiger partial charge on any atom is -0.481 e. The molecule has 1 fully saturated rings. The van der Waals surface area contributed by atoms with Crippen molar-refractivity contribution in [3.63, 3.8) is 0 Å². The van der Waals surface area contributed by atoms with Crippen LogP contribution in [0.15, 0.2) is 18.2 Å². The average molecular weight is 291 g/mol. The summed E-state index contributed by atoms with van der Waals surface area (Å²) in [6, 6.07) is 5.37. The Hall–Kier alpha value is -1.91. The number of piperidine rings is 1.